The monoisotopic (exact) mass is 870 g/mol. The van der Waals surface area contributed by atoms with Crippen LogP contribution in [0.2, 0.25) is 0 Å². The molecule has 9 atom stereocenters. The summed E-state index contributed by atoms with van der Waals surface area (Å²) in [5.41, 5.74) is 9.31. The van der Waals surface area contributed by atoms with Crippen molar-refractivity contribution in [2.75, 3.05) is 26.2 Å². The van der Waals surface area contributed by atoms with E-state index in [0.717, 1.165) is 68.7 Å². The number of dihydropyridines is 1. The minimum atomic E-state index is -0.622. The van der Waals surface area contributed by atoms with Gasteiger partial charge in [-0.2, -0.15) is 0 Å². The van der Waals surface area contributed by atoms with E-state index in [0.29, 0.717) is 42.9 Å². The van der Waals surface area contributed by atoms with Gasteiger partial charge in [0.05, 0.1) is 36.1 Å². The van der Waals surface area contributed by atoms with Crippen LogP contribution in [0.15, 0.2) is 95.5 Å². The molecule has 64 heavy (non-hydrogen) atoms. The van der Waals surface area contributed by atoms with Crippen molar-refractivity contribution in [3.8, 4) is 40.6 Å². The van der Waals surface area contributed by atoms with Crippen LogP contribution in [-0.4, -0.2) is 82.3 Å². The normalized spacial score (nSPS) is 29.1. The van der Waals surface area contributed by atoms with E-state index in [9.17, 15) is 20.1 Å². The fraction of sp³-hybridized carbons (Fsp3) is 0.460. The average molecular weight is 871 g/mol. The third-order valence-corrected chi connectivity index (χ3v) is 13.5. The van der Waals surface area contributed by atoms with Gasteiger partial charge in [0.1, 0.15) is 12.2 Å². The minimum Gasteiger partial charge on any atom is -0.504 e. The Morgan fingerprint density at radius 3 is 2.84 bits per heavy atom. The number of rotatable bonds is 10. The molecule has 9 unspecified atom stereocenters. The first kappa shape index (κ1) is 42.9. The molecule has 1 saturated carbocycles. The first-order valence-electron chi connectivity index (χ1n) is 22.7. The highest BCUT2D eigenvalue weighted by atomic mass is 16.6. The number of allylic oxidation sites excluding steroid dienone is 3. The second-order valence-electron chi connectivity index (χ2n) is 17.8. The van der Waals surface area contributed by atoms with Gasteiger partial charge in [-0.25, -0.2) is 0 Å². The van der Waals surface area contributed by atoms with E-state index in [1.807, 2.05) is 30.3 Å². The Morgan fingerprint density at radius 1 is 1.09 bits per heavy atom. The van der Waals surface area contributed by atoms with Crippen LogP contribution in [0, 0.1) is 35.5 Å². The van der Waals surface area contributed by atoms with Crippen LogP contribution in [-0.2, 0) is 27.1 Å². The van der Waals surface area contributed by atoms with Gasteiger partial charge < -0.3 is 56.0 Å². The van der Waals surface area contributed by atoms with Crippen molar-refractivity contribution in [3.63, 3.8) is 0 Å². The van der Waals surface area contributed by atoms with E-state index < -0.39 is 29.8 Å². The molecule has 2 aromatic carbocycles. The Kier molecular flexibility index (Phi) is 12.6. The van der Waals surface area contributed by atoms with Crippen LogP contribution in [0.1, 0.15) is 74.7 Å². The number of carbonyl (C=O) groups is 1. The first-order valence-corrected chi connectivity index (χ1v) is 22.7. The molecule has 8 N–H and O–H groups in total. The fourth-order valence-corrected chi connectivity index (χ4v) is 10.4. The van der Waals surface area contributed by atoms with Gasteiger partial charge >= 0.3 is 5.97 Å². The third-order valence-electron chi connectivity index (χ3n) is 13.5. The molecule has 6 aliphatic rings. The molecule has 3 aromatic rings. The number of hydrogen-bond donors (Lipinski definition) is 7. The van der Waals surface area contributed by atoms with E-state index in [1.165, 1.54) is 18.6 Å². The third kappa shape index (κ3) is 9.45. The summed E-state index contributed by atoms with van der Waals surface area (Å²) in [5, 5.41) is 43.6. The number of phenolic OH excluding ortho intramolecular Hbond substituents is 3. The molecule has 2 aliphatic carbocycles. The first-order chi connectivity index (χ1) is 31.1. The molecule has 1 spiro atoms. The van der Waals surface area contributed by atoms with Crippen LogP contribution in [0.3, 0.4) is 0 Å². The molecule has 4 aliphatic heterocycles. The van der Waals surface area contributed by atoms with Crippen LogP contribution < -0.4 is 31.2 Å². The zero-order valence-corrected chi connectivity index (χ0v) is 36.2. The highest BCUT2D eigenvalue weighted by Gasteiger charge is 2.50. The molecule has 9 rings (SSSR count). The number of aromatic hydroxyl groups is 3. The number of phenols is 3. The van der Waals surface area contributed by atoms with Crippen molar-refractivity contribution in [1.29, 1.82) is 0 Å². The van der Waals surface area contributed by atoms with Gasteiger partial charge in [0, 0.05) is 69.5 Å². The number of ether oxygens (including phenoxy) is 4. The number of benzene rings is 2. The number of nitrogens with one attached hydrogen (secondary N) is 3. The lowest BCUT2D eigenvalue weighted by molar-refractivity contribution is -0.179. The predicted octanol–water partition coefficient (Wildman–Crippen LogP) is 5.59. The van der Waals surface area contributed by atoms with Crippen molar-refractivity contribution in [2.24, 2.45) is 34.4 Å². The van der Waals surface area contributed by atoms with Gasteiger partial charge in [-0.3, -0.25) is 14.8 Å². The fourth-order valence-electron chi connectivity index (χ4n) is 10.4. The molecule has 5 heterocycles. The van der Waals surface area contributed by atoms with Gasteiger partial charge in [-0.1, -0.05) is 42.2 Å². The van der Waals surface area contributed by atoms with E-state index >= 15 is 0 Å². The van der Waals surface area contributed by atoms with Gasteiger partial charge in [-0.15, -0.1) is 0 Å². The topological polar surface area (TPSA) is 202 Å². The van der Waals surface area contributed by atoms with Crippen molar-refractivity contribution in [2.45, 2.75) is 94.7 Å². The molecule has 1 saturated heterocycles. The summed E-state index contributed by atoms with van der Waals surface area (Å²) >= 11 is 0. The number of esters is 1. The molecule has 0 radical (unpaired) electrons. The number of carbonyl (C=O) groups excluding carboxylic acids is 1. The van der Waals surface area contributed by atoms with Crippen LogP contribution >= 0.6 is 0 Å². The molecular weight excluding hydrogens is 813 g/mol. The standard InChI is InChI=1S/C50H58N6O8/c1-30(57)62-43-28-42(35-26-40(59)47(60)45(27-35)61-22-15-32-6-3-18-52-29-32)64-48-36(43)11-9-34-10-12-38-41(63-44-24-33(23-37(34)48)8-13-39(44)58)7-2-16-50(38)17-21-55-49(56-50)54-19-4-5-31-14-20-53-46(51)25-31/h3,6,8-9,11,13-14,18,24-27,29,34,36-38,41-43,48,53,58-60H,2,4-5,7,15-17,19-23,28,51H2,1H3,(H2,54,55,56). The molecular formula is C50H58N6O8. The minimum absolute atomic E-state index is 0.0720. The molecule has 336 valence electrons. The summed E-state index contributed by atoms with van der Waals surface area (Å²) in [6.45, 7) is 3.79. The van der Waals surface area contributed by atoms with Crippen LogP contribution in [0.4, 0.5) is 0 Å². The number of nitrogens with two attached hydrogens (primary N) is 1. The largest absolute Gasteiger partial charge is 0.504 e. The highest BCUT2D eigenvalue weighted by Crippen LogP contribution is 2.49. The van der Waals surface area contributed by atoms with Gasteiger partial charge in [-0.05, 0) is 104 Å². The lowest BCUT2D eigenvalue weighted by Crippen LogP contribution is -2.64. The molecule has 0 amide bonds. The Bertz CT molecular complexity index is 2390. The second-order valence-corrected chi connectivity index (χ2v) is 17.8. The highest BCUT2D eigenvalue weighted by molar-refractivity contribution is 5.81. The summed E-state index contributed by atoms with van der Waals surface area (Å²) in [4.78, 5) is 21.7. The van der Waals surface area contributed by atoms with E-state index in [-0.39, 0.29) is 59.4 Å². The van der Waals surface area contributed by atoms with Crippen molar-refractivity contribution < 1.29 is 39.1 Å². The van der Waals surface area contributed by atoms with E-state index in [1.54, 1.807) is 24.5 Å². The van der Waals surface area contributed by atoms with E-state index in [2.05, 4.69) is 51.0 Å². The quantitative estimate of drug-likeness (QED) is 0.0437. The summed E-state index contributed by atoms with van der Waals surface area (Å²) in [7, 11) is 0. The van der Waals surface area contributed by atoms with Gasteiger partial charge in [0.2, 0.25) is 5.75 Å². The number of pyridine rings is 1. The predicted molar refractivity (Wildman–Crippen MR) is 240 cm³/mol. The Morgan fingerprint density at radius 2 is 2.00 bits per heavy atom. The number of aliphatic imine (C=N–C) groups is 1. The maximum atomic E-state index is 12.7. The summed E-state index contributed by atoms with van der Waals surface area (Å²) in [6.07, 6.45) is 16.6. The number of fused-ring (bicyclic) bond motifs is 7. The van der Waals surface area contributed by atoms with Crippen molar-refractivity contribution >= 4 is 11.9 Å². The Labute approximate surface area is 374 Å². The number of nitrogens with zero attached hydrogens (tertiary/aromatic N) is 2. The zero-order chi connectivity index (χ0) is 44.2. The van der Waals surface area contributed by atoms with Crippen LogP contribution in [0.25, 0.3) is 0 Å². The smallest absolute Gasteiger partial charge is 0.302 e. The van der Waals surface area contributed by atoms with E-state index in [4.69, 9.17) is 29.7 Å². The van der Waals surface area contributed by atoms with Gasteiger partial charge in [0.25, 0.3) is 0 Å². The molecule has 1 aromatic heterocycles. The van der Waals surface area contributed by atoms with Crippen LogP contribution in [0.5, 0.6) is 28.7 Å². The maximum Gasteiger partial charge on any atom is 0.302 e. The second kappa shape index (κ2) is 18.8. The molecule has 2 fully saturated rings. The molecule has 14 nitrogen and oxygen atoms in total. The number of aromatic nitrogens is 1. The Hall–Kier alpha value is -6.33. The lowest BCUT2D eigenvalue weighted by Gasteiger charge is -2.48. The summed E-state index contributed by atoms with van der Waals surface area (Å²) in [5.74, 6) is 7.54. The number of guanidine groups is 1. The zero-order valence-electron chi connectivity index (χ0n) is 36.2. The number of hydrogen-bond acceptors (Lipinski definition) is 14. The molecule has 2 bridgehead atoms. The SMILES string of the molecule is CC(=O)OC1CC(c2cc(O)c(O)c(OCCc3cccnc3)c2)OC2C1C=CC1C#CC3C(CCCC34CCN=C(NCCCC3=CCNC(N)=C3)N4)Oc3cc(ccc3O)CC12. The lowest BCUT2D eigenvalue weighted by atomic mass is 9.67. The average Bonchev–Trinajstić information content (AvgIpc) is 3.30. The Balaban J connectivity index is 1.00. The summed E-state index contributed by atoms with van der Waals surface area (Å²) < 4.78 is 26.0. The summed E-state index contributed by atoms with van der Waals surface area (Å²) in [6, 6.07) is 12.5. The maximum absolute atomic E-state index is 12.7. The van der Waals surface area contributed by atoms with Gasteiger partial charge in [0.15, 0.2) is 29.0 Å². The van der Waals surface area contributed by atoms with Crippen molar-refractivity contribution in [3.05, 3.63) is 107 Å². The van der Waals surface area contributed by atoms with Crippen molar-refractivity contribution in [1.82, 2.24) is 20.9 Å². The molecule has 14 heteroatoms.